The van der Waals surface area contributed by atoms with Crippen LogP contribution in [-0.2, 0) is 11.3 Å². The molecule has 0 bridgehead atoms. The highest BCUT2D eigenvalue weighted by atomic mass is 16.5. The molecular formula is C11H13N3O3. The summed E-state index contributed by atoms with van der Waals surface area (Å²) < 4.78 is 5.16. The lowest BCUT2D eigenvalue weighted by Gasteiger charge is -2.15. The first-order chi connectivity index (χ1) is 8.11. The van der Waals surface area contributed by atoms with Crippen molar-refractivity contribution in [1.82, 2.24) is 10.2 Å². The maximum absolute atomic E-state index is 11.4. The van der Waals surface area contributed by atoms with Gasteiger partial charge in [0.15, 0.2) is 0 Å². The average Bonchev–Trinajstić information content (AvgIpc) is 2.62. The maximum atomic E-state index is 11.4. The molecule has 6 heteroatoms. The number of nitrogens with two attached hydrogens (primary N) is 1. The molecule has 0 aliphatic carbocycles. The largest absolute Gasteiger partial charge is 0.496 e. The van der Waals surface area contributed by atoms with E-state index in [1.807, 2.05) is 0 Å². The van der Waals surface area contributed by atoms with Gasteiger partial charge in [0.05, 0.1) is 20.2 Å². The van der Waals surface area contributed by atoms with E-state index >= 15 is 0 Å². The Labute approximate surface area is 98.3 Å². The van der Waals surface area contributed by atoms with E-state index in [4.69, 9.17) is 10.5 Å². The van der Waals surface area contributed by atoms with Crippen molar-refractivity contribution in [2.75, 3.05) is 19.4 Å². The van der Waals surface area contributed by atoms with Crippen LogP contribution in [-0.4, -0.2) is 30.5 Å². The summed E-state index contributed by atoms with van der Waals surface area (Å²) in [4.78, 5) is 24.0. The van der Waals surface area contributed by atoms with Crippen molar-refractivity contribution in [3.05, 3.63) is 23.8 Å². The summed E-state index contributed by atoms with van der Waals surface area (Å²) in [6.45, 7) is 0.240. The number of carbonyl (C=O) groups is 2. The third-order valence-corrected chi connectivity index (χ3v) is 2.58. The van der Waals surface area contributed by atoms with Gasteiger partial charge in [0.25, 0.3) is 0 Å². The molecule has 0 unspecified atom stereocenters. The lowest BCUT2D eigenvalue weighted by atomic mass is 10.1. The first kappa shape index (κ1) is 11.3. The minimum atomic E-state index is -0.381. The highest BCUT2D eigenvalue weighted by Gasteiger charge is 2.29. The number of urea groups is 1. The first-order valence-electron chi connectivity index (χ1n) is 5.12. The molecule has 0 atom stereocenters. The average molecular weight is 235 g/mol. The summed E-state index contributed by atoms with van der Waals surface area (Å²) in [5.41, 5.74) is 6.94. The van der Waals surface area contributed by atoms with Crippen molar-refractivity contribution in [2.45, 2.75) is 6.54 Å². The summed E-state index contributed by atoms with van der Waals surface area (Å²) in [5.74, 6) is 0.325. The molecule has 3 amide bonds. The summed E-state index contributed by atoms with van der Waals surface area (Å²) >= 11 is 0. The van der Waals surface area contributed by atoms with Crippen LogP contribution in [0.4, 0.5) is 10.5 Å². The van der Waals surface area contributed by atoms with Crippen LogP contribution < -0.4 is 15.8 Å². The smallest absolute Gasteiger partial charge is 0.324 e. The molecule has 1 aromatic carbocycles. The van der Waals surface area contributed by atoms with Crippen LogP contribution in [0.2, 0.25) is 0 Å². The summed E-state index contributed by atoms with van der Waals surface area (Å²) in [7, 11) is 1.52. The molecule has 1 saturated heterocycles. The molecular weight excluding hydrogens is 222 g/mol. The normalized spacial score (nSPS) is 15.0. The maximum Gasteiger partial charge on any atom is 0.324 e. The van der Waals surface area contributed by atoms with Crippen LogP contribution in [0.15, 0.2) is 18.2 Å². The third-order valence-electron chi connectivity index (χ3n) is 2.58. The van der Waals surface area contributed by atoms with E-state index in [2.05, 4.69) is 5.32 Å². The van der Waals surface area contributed by atoms with E-state index < -0.39 is 0 Å². The van der Waals surface area contributed by atoms with E-state index in [-0.39, 0.29) is 25.0 Å². The Bertz CT molecular complexity index is 457. The van der Waals surface area contributed by atoms with E-state index in [1.165, 1.54) is 7.11 Å². The van der Waals surface area contributed by atoms with Gasteiger partial charge in [0, 0.05) is 17.3 Å². The summed E-state index contributed by atoms with van der Waals surface area (Å²) in [6.07, 6.45) is 0. The minimum absolute atomic E-state index is 0.0517. The predicted molar refractivity (Wildman–Crippen MR) is 61.4 cm³/mol. The molecule has 1 aliphatic heterocycles. The van der Waals surface area contributed by atoms with Gasteiger partial charge in [-0.3, -0.25) is 9.69 Å². The molecule has 6 nitrogen and oxygen atoms in total. The fourth-order valence-electron chi connectivity index (χ4n) is 1.68. The molecule has 1 heterocycles. The summed E-state index contributed by atoms with van der Waals surface area (Å²) in [6, 6.07) is 4.73. The van der Waals surface area contributed by atoms with Crippen molar-refractivity contribution in [3.63, 3.8) is 0 Å². The standard InChI is InChI=1S/C11H13N3O3/c1-17-9-4-8(12)3-2-7(9)6-14-10(15)5-13-11(14)16/h2-4H,5-6,12H2,1H3,(H,13,16). The lowest BCUT2D eigenvalue weighted by Crippen LogP contribution is -2.30. The second-order valence-corrected chi connectivity index (χ2v) is 3.71. The van der Waals surface area contributed by atoms with Crippen LogP contribution in [0.1, 0.15) is 5.56 Å². The Morgan fingerprint density at radius 1 is 1.47 bits per heavy atom. The number of methoxy groups -OCH3 is 1. The predicted octanol–water partition coefficient (Wildman–Crippen LogP) is 0.329. The van der Waals surface area contributed by atoms with Crippen molar-refractivity contribution in [1.29, 1.82) is 0 Å². The SMILES string of the molecule is COc1cc(N)ccc1CN1C(=O)CNC1=O. The number of amides is 3. The summed E-state index contributed by atoms with van der Waals surface area (Å²) in [5, 5.41) is 2.46. The van der Waals surface area contributed by atoms with Crippen LogP contribution >= 0.6 is 0 Å². The van der Waals surface area contributed by atoms with Crippen molar-refractivity contribution < 1.29 is 14.3 Å². The van der Waals surface area contributed by atoms with Gasteiger partial charge in [-0.25, -0.2) is 4.79 Å². The molecule has 1 aliphatic rings. The number of hydrogen-bond acceptors (Lipinski definition) is 4. The second-order valence-electron chi connectivity index (χ2n) is 3.71. The number of ether oxygens (including phenoxy) is 1. The Balaban J connectivity index is 2.23. The molecule has 0 radical (unpaired) electrons. The highest BCUT2D eigenvalue weighted by Crippen LogP contribution is 2.23. The fraction of sp³-hybridized carbons (Fsp3) is 0.273. The number of benzene rings is 1. The molecule has 1 fully saturated rings. The molecule has 90 valence electrons. The zero-order valence-corrected chi connectivity index (χ0v) is 9.40. The Morgan fingerprint density at radius 3 is 2.82 bits per heavy atom. The van der Waals surface area contributed by atoms with E-state index in [1.54, 1.807) is 18.2 Å². The molecule has 3 N–H and O–H groups in total. The Hall–Kier alpha value is -2.24. The van der Waals surface area contributed by atoms with Gasteiger partial charge in [-0.05, 0) is 6.07 Å². The molecule has 0 saturated carbocycles. The van der Waals surface area contributed by atoms with Gasteiger partial charge in [-0.2, -0.15) is 0 Å². The topological polar surface area (TPSA) is 84.7 Å². The Morgan fingerprint density at radius 2 is 2.24 bits per heavy atom. The van der Waals surface area contributed by atoms with Gasteiger partial charge < -0.3 is 15.8 Å². The van der Waals surface area contributed by atoms with Gasteiger partial charge in [0.2, 0.25) is 5.91 Å². The van der Waals surface area contributed by atoms with Crippen molar-refractivity contribution in [2.24, 2.45) is 0 Å². The number of nitrogens with zero attached hydrogens (tertiary/aromatic N) is 1. The van der Waals surface area contributed by atoms with Crippen LogP contribution in [0, 0.1) is 0 Å². The third kappa shape index (κ3) is 2.15. The molecule has 0 spiro atoms. The van der Waals surface area contributed by atoms with Crippen molar-refractivity contribution >= 4 is 17.6 Å². The molecule has 1 aromatic rings. The quantitative estimate of drug-likeness (QED) is 0.584. The number of nitrogens with one attached hydrogen (secondary N) is 1. The minimum Gasteiger partial charge on any atom is -0.496 e. The number of imide groups is 1. The van der Waals surface area contributed by atoms with Crippen LogP contribution in [0.5, 0.6) is 5.75 Å². The van der Waals surface area contributed by atoms with Crippen molar-refractivity contribution in [3.8, 4) is 5.75 Å². The van der Waals surface area contributed by atoms with Crippen LogP contribution in [0.3, 0.4) is 0 Å². The lowest BCUT2D eigenvalue weighted by molar-refractivity contribution is -0.125. The zero-order chi connectivity index (χ0) is 12.4. The first-order valence-corrected chi connectivity index (χ1v) is 5.12. The second kappa shape index (κ2) is 4.32. The van der Waals surface area contributed by atoms with E-state index in [9.17, 15) is 9.59 Å². The number of anilines is 1. The number of hydrogen-bond donors (Lipinski definition) is 2. The monoisotopic (exact) mass is 235 g/mol. The highest BCUT2D eigenvalue weighted by molar-refractivity contribution is 6.01. The van der Waals surface area contributed by atoms with Gasteiger partial charge in [0.1, 0.15) is 5.75 Å². The number of nitrogen functional groups attached to an aromatic ring is 1. The fourth-order valence-corrected chi connectivity index (χ4v) is 1.68. The van der Waals surface area contributed by atoms with Gasteiger partial charge >= 0.3 is 6.03 Å². The zero-order valence-electron chi connectivity index (χ0n) is 9.40. The number of rotatable bonds is 3. The number of carbonyl (C=O) groups excluding carboxylic acids is 2. The molecule has 0 aromatic heterocycles. The van der Waals surface area contributed by atoms with Gasteiger partial charge in [-0.1, -0.05) is 6.07 Å². The van der Waals surface area contributed by atoms with E-state index in [0.717, 1.165) is 10.5 Å². The van der Waals surface area contributed by atoms with Gasteiger partial charge in [-0.15, -0.1) is 0 Å². The molecule has 17 heavy (non-hydrogen) atoms. The molecule has 2 rings (SSSR count). The van der Waals surface area contributed by atoms with E-state index in [0.29, 0.717) is 11.4 Å². The van der Waals surface area contributed by atoms with Crippen LogP contribution in [0.25, 0.3) is 0 Å². The Kier molecular flexibility index (Phi) is 2.86.